The molecule has 0 aliphatic carbocycles. The smallest absolute Gasteiger partial charge is 0.269 e. The van der Waals surface area contributed by atoms with Crippen LogP contribution in [0.2, 0.25) is 0 Å². The Bertz CT molecular complexity index is 3660. The van der Waals surface area contributed by atoms with Crippen molar-refractivity contribution in [3.63, 3.8) is 0 Å². The van der Waals surface area contributed by atoms with Crippen LogP contribution in [0, 0.1) is 17.0 Å². The fourth-order valence-electron chi connectivity index (χ4n) is 13.6. The second-order valence-electron chi connectivity index (χ2n) is 23.0. The van der Waals surface area contributed by atoms with Crippen molar-refractivity contribution >= 4 is 60.8 Å². The van der Waals surface area contributed by atoms with E-state index in [4.69, 9.17) is 6.58 Å². The number of likely N-dealkylation sites (N-methyl/N-ethyl adjacent to an activating group) is 2. The lowest BCUT2D eigenvalue weighted by atomic mass is 9.70. The van der Waals surface area contributed by atoms with Gasteiger partial charge in [-0.15, -0.1) is 0 Å². The maximum absolute atomic E-state index is 12.4. The molecule has 76 heavy (non-hydrogen) atoms. The van der Waals surface area contributed by atoms with Crippen molar-refractivity contribution in [3.05, 3.63) is 219 Å². The van der Waals surface area contributed by atoms with Crippen LogP contribution in [0.1, 0.15) is 122 Å². The number of phenolic OH excluding ortho intramolecular Hbond substituents is 1. The Morgan fingerprint density at radius 3 is 2.08 bits per heavy atom. The zero-order chi connectivity index (χ0) is 53.9. The van der Waals surface area contributed by atoms with Crippen molar-refractivity contribution in [1.29, 1.82) is 0 Å². The number of unbranched alkanes of at least 4 members (excludes halogenated alkanes) is 1. The summed E-state index contributed by atoms with van der Waals surface area (Å²) >= 11 is 0. The summed E-state index contributed by atoms with van der Waals surface area (Å²) in [6.07, 6.45) is 18.1. The molecular formula is C69H75N4O3+. The highest BCUT2D eigenvalue weighted by Gasteiger charge is 2.47. The fraction of sp³-hybridized carbons (Fsp3) is 0.319. The van der Waals surface area contributed by atoms with Crippen LogP contribution in [-0.4, -0.2) is 40.0 Å². The lowest BCUT2D eigenvalue weighted by molar-refractivity contribution is -0.437. The van der Waals surface area contributed by atoms with Gasteiger partial charge in [-0.1, -0.05) is 132 Å². The number of nitro benzene ring substituents is 1. The molecule has 7 aromatic rings. The Kier molecular flexibility index (Phi) is 13.6. The fourth-order valence-corrected chi connectivity index (χ4v) is 13.6. The largest absolute Gasteiger partial charge is 0.508 e. The van der Waals surface area contributed by atoms with Crippen molar-refractivity contribution in [2.75, 3.05) is 29.4 Å². The number of fused-ring (bicyclic) bond motifs is 8. The molecule has 7 nitrogen and oxygen atoms in total. The first-order chi connectivity index (χ1) is 36.4. The average Bonchev–Trinajstić information content (AvgIpc) is 3.93. The molecule has 3 heterocycles. The molecule has 1 N–H and O–H groups in total. The van der Waals surface area contributed by atoms with E-state index in [2.05, 4.69) is 205 Å². The van der Waals surface area contributed by atoms with E-state index in [9.17, 15) is 15.2 Å². The topological polar surface area (TPSA) is 72.9 Å². The van der Waals surface area contributed by atoms with Crippen LogP contribution >= 0.6 is 0 Å². The monoisotopic (exact) mass is 1010 g/mol. The lowest BCUT2D eigenvalue weighted by Crippen LogP contribution is -2.29. The molecule has 0 radical (unpaired) electrons. The highest BCUT2D eigenvalue weighted by Crippen LogP contribution is 2.54. The Hall–Kier alpha value is -7.51. The average molecular weight is 1010 g/mol. The molecule has 0 bridgehead atoms. The molecule has 3 aliphatic heterocycles. The summed E-state index contributed by atoms with van der Waals surface area (Å²) in [4.78, 5) is 17.0. The van der Waals surface area contributed by atoms with Gasteiger partial charge in [0.05, 0.1) is 10.3 Å². The highest BCUT2D eigenvalue weighted by molar-refractivity contribution is 6.08. The molecule has 3 aliphatic rings. The summed E-state index contributed by atoms with van der Waals surface area (Å²) in [5.41, 5.74) is 13.2. The van der Waals surface area contributed by atoms with Gasteiger partial charge in [-0.3, -0.25) is 10.1 Å². The SMILES string of the molecule is C=C(C=CC=C1N(CC)c2cc3cc(O)ccc3cc2C1(C)C)C(C)(CCCCC1(C)C(=CC=CC2=[N+](CCC)c3ccc4ccccc4c3C2(C)C)N(CC)c2ccc3ccccc3c21)c1cc([N+](=O)[O-])ccc1C. The third-order valence-electron chi connectivity index (χ3n) is 17.7. The van der Waals surface area contributed by atoms with Gasteiger partial charge in [-0.05, 0) is 163 Å². The van der Waals surface area contributed by atoms with Gasteiger partial charge >= 0.3 is 0 Å². The van der Waals surface area contributed by atoms with Crippen molar-refractivity contribution in [2.24, 2.45) is 0 Å². The first-order valence-electron chi connectivity index (χ1n) is 27.6. The third-order valence-corrected chi connectivity index (χ3v) is 17.7. The number of nitro groups is 1. The van der Waals surface area contributed by atoms with Crippen LogP contribution in [0.25, 0.3) is 32.3 Å². The van der Waals surface area contributed by atoms with Gasteiger partial charge < -0.3 is 14.9 Å². The van der Waals surface area contributed by atoms with E-state index in [1.165, 1.54) is 66.7 Å². The number of aryl methyl sites for hydroxylation is 1. The minimum atomic E-state index is -0.597. The van der Waals surface area contributed by atoms with Crippen molar-refractivity contribution in [2.45, 2.75) is 123 Å². The van der Waals surface area contributed by atoms with E-state index in [0.29, 0.717) is 0 Å². The van der Waals surface area contributed by atoms with Crippen molar-refractivity contribution < 1.29 is 14.6 Å². The van der Waals surface area contributed by atoms with E-state index < -0.39 is 5.41 Å². The van der Waals surface area contributed by atoms with Crippen LogP contribution in [0.4, 0.5) is 22.7 Å². The number of benzene rings is 7. The van der Waals surface area contributed by atoms with E-state index >= 15 is 0 Å². The maximum atomic E-state index is 12.4. The molecule has 10 rings (SSSR count). The molecule has 7 aromatic carbocycles. The maximum Gasteiger partial charge on any atom is 0.269 e. The number of hydrogen-bond acceptors (Lipinski definition) is 5. The third kappa shape index (κ3) is 8.56. The molecule has 2 unspecified atom stereocenters. The number of non-ortho nitro benzene ring substituents is 1. The number of rotatable bonds is 16. The Morgan fingerprint density at radius 2 is 1.38 bits per heavy atom. The first-order valence-corrected chi connectivity index (χ1v) is 27.6. The molecule has 0 spiro atoms. The standard InChI is InChI=1S/C69H74N4O3/c1-12-41-72-58-37-33-48-24-15-17-26-54(48)64(58)67(8,9)62(72)29-22-30-63-69(11,65-55-27-18-16-25-49(55)34-38-59(65)70(63)13-2)40-20-19-39-68(10,56-45-52(73(75)76)35-31-46(56)4)47(5)23-21-28-61-66(6,7)57-43-50-32-36-53(74)42-51(50)44-60(57)71(61)14-3/h15-18,21-38,42-45H,5,12-14,19-20,39-41H2,1-4,6-11H3/p+1. The van der Waals surface area contributed by atoms with E-state index in [-0.39, 0.29) is 32.6 Å². The van der Waals surface area contributed by atoms with Crippen molar-refractivity contribution in [1.82, 2.24) is 0 Å². The molecule has 0 saturated heterocycles. The molecule has 0 aromatic heterocycles. The van der Waals surface area contributed by atoms with Gasteiger partial charge in [0.2, 0.25) is 5.69 Å². The predicted octanol–water partition coefficient (Wildman–Crippen LogP) is 17.4. The number of allylic oxidation sites excluding steroid dienone is 9. The van der Waals surface area contributed by atoms with Crippen molar-refractivity contribution in [3.8, 4) is 5.75 Å². The van der Waals surface area contributed by atoms with Gasteiger partial charge in [-0.2, -0.15) is 4.58 Å². The number of anilines is 2. The van der Waals surface area contributed by atoms with E-state index in [1.54, 1.807) is 18.2 Å². The summed E-state index contributed by atoms with van der Waals surface area (Å²) in [5.74, 6) is 0.259. The van der Waals surface area contributed by atoms with Gasteiger partial charge in [0.1, 0.15) is 12.3 Å². The summed E-state index contributed by atoms with van der Waals surface area (Å²) < 4.78 is 2.55. The van der Waals surface area contributed by atoms with Gasteiger partial charge in [-0.25, -0.2) is 0 Å². The van der Waals surface area contributed by atoms with Crippen LogP contribution < -0.4 is 9.80 Å². The Labute approximate surface area is 450 Å². The molecule has 0 amide bonds. The Balaban J connectivity index is 0.982. The lowest BCUT2D eigenvalue weighted by Gasteiger charge is -2.34. The predicted molar refractivity (Wildman–Crippen MR) is 320 cm³/mol. The molecule has 0 saturated carbocycles. The summed E-state index contributed by atoms with van der Waals surface area (Å²) in [5, 5.41) is 29.9. The summed E-state index contributed by atoms with van der Waals surface area (Å²) in [6, 6.07) is 42.2. The number of phenols is 1. The van der Waals surface area contributed by atoms with Gasteiger partial charge in [0, 0.05) is 88.4 Å². The molecule has 2 atom stereocenters. The minimum absolute atomic E-state index is 0.0918. The Morgan fingerprint density at radius 1 is 0.724 bits per heavy atom. The molecule has 0 fully saturated rings. The van der Waals surface area contributed by atoms with Crippen LogP contribution in [0.5, 0.6) is 5.75 Å². The van der Waals surface area contributed by atoms with Crippen LogP contribution in [0.3, 0.4) is 0 Å². The molecule has 7 heteroatoms. The second kappa shape index (κ2) is 19.9. The second-order valence-corrected chi connectivity index (χ2v) is 23.0. The zero-order valence-electron chi connectivity index (χ0n) is 46.4. The number of hydrogen-bond donors (Lipinski definition) is 1. The van der Waals surface area contributed by atoms with Crippen LogP contribution in [-0.2, 0) is 21.7 Å². The normalized spacial score (nSPS) is 19.5. The summed E-state index contributed by atoms with van der Waals surface area (Å²) in [7, 11) is 0. The molecule has 388 valence electrons. The number of nitrogens with zero attached hydrogens (tertiary/aromatic N) is 4. The summed E-state index contributed by atoms with van der Waals surface area (Å²) in [6.45, 7) is 30.1. The quantitative estimate of drug-likeness (QED) is 0.0343. The van der Waals surface area contributed by atoms with Gasteiger partial charge in [0.25, 0.3) is 5.69 Å². The first kappa shape index (κ1) is 52.0. The zero-order valence-corrected chi connectivity index (χ0v) is 46.4. The number of aromatic hydroxyl groups is 1. The van der Waals surface area contributed by atoms with Gasteiger partial charge in [0.15, 0.2) is 5.71 Å². The van der Waals surface area contributed by atoms with E-state index in [1.807, 2.05) is 18.2 Å². The minimum Gasteiger partial charge on any atom is -0.508 e. The van der Waals surface area contributed by atoms with Crippen LogP contribution in [0.15, 0.2) is 181 Å². The molecular weight excluding hydrogens is 933 g/mol. The highest BCUT2D eigenvalue weighted by atomic mass is 16.6. The van der Waals surface area contributed by atoms with E-state index in [0.717, 1.165) is 84.9 Å².